The van der Waals surface area contributed by atoms with E-state index in [1.54, 1.807) is 0 Å². The van der Waals surface area contributed by atoms with Gasteiger partial charge in [0.15, 0.2) is 0 Å². The summed E-state index contributed by atoms with van der Waals surface area (Å²) in [6.07, 6.45) is 0.717. The lowest BCUT2D eigenvalue weighted by molar-refractivity contribution is 1.09. The lowest BCUT2D eigenvalue weighted by Crippen LogP contribution is -1.89. The first-order valence-electron chi connectivity index (χ1n) is 3.54. The molecular weight excluding hydrogens is 270 g/mol. The molecule has 13 heavy (non-hydrogen) atoms. The van der Waals surface area contributed by atoms with Crippen LogP contribution in [0.4, 0.5) is 0 Å². The van der Waals surface area contributed by atoms with E-state index in [0.717, 1.165) is 5.56 Å². The normalized spacial score (nSPS) is 10.6. The maximum atomic E-state index is 5.95. The minimum absolute atomic E-state index is 0.260. The summed E-state index contributed by atoms with van der Waals surface area (Å²) in [6.45, 7) is 1.95. The maximum absolute atomic E-state index is 5.95. The third-order valence-electron chi connectivity index (χ3n) is 1.69. The number of hydrogen-bond donors (Lipinski definition) is 1. The molecule has 0 aliphatic rings. The van der Waals surface area contributed by atoms with Gasteiger partial charge in [0, 0.05) is 4.90 Å². The van der Waals surface area contributed by atoms with E-state index in [1.165, 1.54) is 0 Å². The molecule has 0 atom stereocenters. The zero-order chi connectivity index (χ0) is 10.2. The van der Waals surface area contributed by atoms with Crippen molar-refractivity contribution >= 4 is 59.0 Å². The molecule has 1 aromatic carbocycles. The average molecular weight is 276 g/mol. The molecule has 72 valence electrons. The van der Waals surface area contributed by atoms with Gasteiger partial charge in [-0.1, -0.05) is 53.3 Å². The Morgan fingerprint density at radius 1 is 0.923 bits per heavy atom. The first kappa shape index (κ1) is 11.8. The third-order valence-corrected chi connectivity index (χ3v) is 4.16. The van der Waals surface area contributed by atoms with Crippen LogP contribution in [0.2, 0.25) is 20.1 Å². The second-order valence-electron chi connectivity index (χ2n) is 2.44. The summed E-state index contributed by atoms with van der Waals surface area (Å²) in [4.78, 5) is 0.601. The molecule has 0 aliphatic heterocycles. The van der Waals surface area contributed by atoms with E-state index in [-0.39, 0.29) is 5.02 Å². The van der Waals surface area contributed by atoms with Crippen molar-refractivity contribution in [2.75, 3.05) is 0 Å². The molecule has 0 amide bonds. The largest absolute Gasteiger partial charge is 0.142 e. The van der Waals surface area contributed by atoms with Gasteiger partial charge in [-0.2, -0.15) is 0 Å². The first-order valence-corrected chi connectivity index (χ1v) is 5.50. The average Bonchev–Trinajstić information content (AvgIpc) is 2.13. The SMILES string of the molecule is CCc1c(S)c(Cl)c(Cl)c(Cl)c1Cl. The van der Waals surface area contributed by atoms with Gasteiger partial charge in [-0.05, 0) is 12.0 Å². The molecule has 0 fully saturated rings. The molecule has 0 nitrogen and oxygen atoms in total. The molecule has 0 N–H and O–H groups in total. The van der Waals surface area contributed by atoms with E-state index in [2.05, 4.69) is 12.6 Å². The maximum Gasteiger partial charge on any atom is 0.0805 e. The molecule has 0 saturated heterocycles. The van der Waals surface area contributed by atoms with Crippen molar-refractivity contribution in [3.63, 3.8) is 0 Å². The summed E-state index contributed by atoms with van der Waals surface area (Å²) in [6, 6.07) is 0. The van der Waals surface area contributed by atoms with Crippen molar-refractivity contribution in [2.45, 2.75) is 18.2 Å². The van der Waals surface area contributed by atoms with E-state index >= 15 is 0 Å². The molecule has 0 aliphatic carbocycles. The molecule has 0 aromatic heterocycles. The van der Waals surface area contributed by atoms with Gasteiger partial charge in [0.2, 0.25) is 0 Å². The number of benzene rings is 1. The van der Waals surface area contributed by atoms with Crippen LogP contribution >= 0.6 is 59.0 Å². The van der Waals surface area contributed by atoms with Crippen LogP contribution in [0.5, 0.6) is 0 Å². The van der Waals surface area contributed by atoms with Crippen LogP contribution in [-0.2, 0) is 6.42 Å². The smallest absolute Gasteiger partial charge is 0.0805 e. The molecule has 5 heteroatoms. The van der Waals surface area contributed by atoms with Gasteiger partial charge in [-0.15, -0.1) is 12.6 Å². The van der Waals surface area contributed by atoms with Crippen LogP contribution in [-0.4, -0.2) is 0 Å². The fraction of sp³-hybridized carbons (Fsp3) is 0.250. The Bertz CT molecular complexity index is 319. The highest BCUT2D eigenvalue weighted by Crippen LogP contribution is 2.43. The first-order chi connectivity index (χ1) is 6.00. The van der Waals surface area contributed by atoms with Crippen molar-refractivity contribution < 1.29 is 0 Å². The van der Waals surface area contributed by atoms with Gasteiger partial charge in [-0.3, -0.25) is 0 Å². The highest BCUT2D eigenvalue weighted by atomic mass is 35.5. The van der Waals surface area contributed by atoms with Gasteiger partial charge >= 0.3 is 0 Å². The van der Waals surface area contributed by atoms with Gasteiger partial charge in [0.25, 0.3) is 0 Å². The van der Waals surface area contributed by atoms with Gasteiger partial charge in [-0.25, -0.2) is 0 Å². The Balaban J connectivity index is 3.56. The molecule has 0 spiro atoms. The number of thiol groups is 1. The quantitative estimate of drug-likeness (QED) is 0.409. The highest BCUT2D eigenvalue weighted by Gasteiger charge is 2.16. The van der Waals surface area contributed by atoms with Crippen LogP contribution < -0.4 is 0 Å². The highest BCUT2D eigenvalue weighted by molar-refractivity contribution is 7.80. The van der Waals surface area contributed by atoms with Crippen LogP contribution in [0, 0.1) is 0 Å². The number of halogens is 4. The standard InChI is InChI=1S/C8H6Cl4S/c1-2-3-4(9)5(10)6(11)7(12)8(3)13/h13H,2H2,1H3. The topological polar surface area (TPSA) is 0 Å². The van der Waals surface area contributed by atoms with E-state index in [4.69, 9.17) is 46.4 Å². The van der Waals surface area contributed by atoms with Crippen LogP contribution in [0.1, 0.15) is 12.5 Å². The fourth-order valence-corrected chi connectivity index (χ4v) is 2.53. The molecular formula is C8H6Cl4S. The fourth-order valence-electron chi connectivity index (χ4n) is 0.988. The monoisotopic (exact) mass is 274 g/mol. The summed E-state index contributed by atoms with van der Waals surface area (Å²) in [5.41, 5.74) is 0.824. The van der Waals surface area contributed by atoms with Gasteiger partial charge < -0.3 is 0 Å². The van der Waals surface area contributed by atoms with E-state index < -0.39 is 0 Å². The minimum Gasteiger partial charge on any atom is -0.142 e. The predicted molar refractivity (Wildman–Crippen MR) is 63.1 cm³/mol. The number of rotatable bonds is 1. The summed E-state index contributed by atoms with van der Waals surface area (Å²) in [7, 11) is 0. The van der Waals surface area contributed by atoms with E-state index in [0.29, 0.717) is 26.4 Å². The van der Waals surface area contributed by atoms with Crippen LogP contribution in [0.25, 0.3) is 0 Å². The molecule has 1 rings (SSSR count). The number of hydrogen-bond acceptors (Lipinski definition) is 1. The molecule has 0 heterocycles. The Kier molecular flexibility index (Phi) is 4.09. The predicted octanol–water partition coefficient (Wildman–Crippen LogP) is 5.15. The molecule has 0 saturated carbocycles. The minimum atomic E-state index is 0.260. The van der Waals surface area contributed by atoms with Crippen LogP contribution in [0.3, 0.4) is 0 Å². The zero-order valence-electron chi connectivity index (χ0n) is 6.67. The van der Waals surface area contributed by atoms with Crippen molar-refractivity contribution in [2.24, 2.45) is 0 Å². The van der Waals surface area contributed by atoms with Crippen molar-refractivity contribution in [1.29, 1.82) is 0 Å². The lowest BCUT2D eigenvalue weighted by atomic mass is 10.2. The second kappa shape index (κ2) is 4.50. The Morgan fingerprint density at radius 2 is 1.38 bits per heavy atom. The van der Waals surface area contributed by atoms with Crippen molar-refractivity contribution in [3.8, 4) is 0 Å². The van der Waals surface area contributed by atoms with Gasteiger partial charge in [0.1, 0.15) is 0 Å². The third kappa shape index (κ3) is 2.05. The summed E-state index contributed by atoms with van der Waals surface area (Å²) in [5, 5.41) is 1.35. The second-order valence-corrected chi connectivity index (χ2v) is 4.40. The Hall–Kier alpha value is 0.730. The van der Waals surface area contributed by atoms with Crippen molar-refractivity contribution in [3.05, 3.63) is 25.7 Å². The summed E-state index contributed by atoms with van der Waals surface area (Å²) >= 11 is 27.7. The van der Waals surface area contributed by atoms with Gasteiger partial charge in [0.05, 0.1) is 20.1 Å². The van der Waals surface area contributed by atoms with Crippen LogP contribution in [0.15, 0.2) is 4.90 Å². The van der Waals surface area contributed by atoms with E-state index in [1.807, 2.05) is 6.92 Å². The Morgan fingerprint density at radius 3 is 1.85 bits per heavy atom. The lowest BCUT2D eigenvalue weighted by Gasteiger charge is -2.10. The molecule has 0 bridgehead atoms. The molecule has 1 aromatic rings. The van der Waals surface area contributed by atoms with Crippen molar-refractivity contribution in [1.82, 2.24) is 0 Å². The molecule has 0 radical (unpaired) electrons. The Labute approximate surface area is 103 Å². The summed E-state index contributed by atoms with van der Waals surface area (Å²) < 4.78 is 0. The zero-order valence-corrected chi connectivity index (χ0v) is 10.6. The van der Waals surface area contributed by atoms with E-state index in [9.17, 15) is 0 Å². The summed E-state index contributed by atoms with van der Waals surface area (Å²) in [5.74, 6) is 0. The molecule has 0 unspecified atom stereocenters.